The van der Waals surface area contributed by atoms with E-state index in [0.29, 0.717) is 5.52 Å². The molecule has 1 aliphatic rings. The molecule has 0 spiro atoms. The number of rotatable bonds is 5. The van der Waals surface area contributed by atoms with Gasteiger partial charge in [0.2, 0.25) is 5.82 Å². The maximum absolute atomic E-state index is 13.1. The van der Waals surface area contributed by atoms with Crippen LogP contribution in [-0.2, 0) is 4.74 Å². The number of carbonyl (C=O) groups excluding carboxylic acids is 2. The molecule has 0 atom stereocenters. The van der Waals surface area contributed by atoms with Gasteiger partial charge in [0.15, 0.2) is 0 Å². The predicted molar refractivity (Wildman–Crippen MR) is 144 cm³/mol. The van der Waals surface area contributed by atoms with E-state index in [1.165, 1.54) is 0 Å². The maximum atomic E-state index is 13.1. The molecule has 0 radical (unpaired) electrons. The fourth-order valence-corrected chi connectivity index (χ4v) is 4.50. The Labute approximate surface area is 216 Å². The van der Waals surface area contributed by atoms with Crippen molar-refractivity contribution in [3.63, 3.8) is 0 Å². The van der Waals surface area contributed by atoms with Crippen LogP contribution in [0.5, 0.6) is 0 Å². The summed E-state index contributed by atoms with van der Waals surface area (Å²) in [6, 6.07) is 20.0. The molecule has 8 nitrogen and oxygen atoms in total. The van der Waals surface area contributed by atoms with E-state index in [-0.39, 0.29) is 23.9 Å². The summed E-state index contributed by atoms with van der Waals surface area (Å²) in [7, 11) is 1.56. The number of fused-ring (bicyclic) bond motifs is 1. The zero-order valence-corrected chi connectivity index (χ0v) is 21.6. The second-order valence-corrected chi connectivity index (χ2v) is 10.2. The number of amides is 2. The third-order valence-corrected chi connectivity index (χ3v) is 6.47. The highest BCUT2D eigenvalue weighted by Crippen LogP contribution is 2.34. The number of benzene rings is 2. The number of aromatic nitrogens is 3. The zero-order valence-electron chi connectivity index (χ0n) is 21.6. The van der Waals surface area contributed by atoms with Gasteiger partial charge in [0.05, 0.1) is 22.9 Å². The van der Waals surface area contributed by atoms with Crippen molar-refractivity contribution in [3.05, 3.63) is 72.7 Å². The van der Waals surface area contributed by atoms with E-state index in [1.54, 1.807) is 18.1 Å². The third kappa shape index (κ3) is 4.91. The first-order valence-corrected chi connectivity index (χ1v) is 12.5. The molecule has 0 bridgehead atoms. The molecular weight excluding hydrogens is 466 g/mol. The van der Waals surface area contributed by atoms with Gasteiger partial charge < -0.3 is 14.6 Å². The quantitative estimate of drug-likeness (QED) is 0.380. The van der Waals surface area contributed by atoms with Crippen LogP contribution in [0.4, 0.5) is 10.5 Å². The van der Waals surface area contributed by atoms with E-state index in [9.17, 15) is 9.59 Å². The fraction of sp³-hybridized carbons (Fsp3) is 0.310. The molecule has 37 heavy (non-hydrogen) atoms. The van der Waals surface area contributed by atoms with Crippen molar-refractivity contribution in [3.8, 4) is 16.9 Å². The minimum Gasteiger partial charge on any atom is -0.443 e. The van der Waals surface area contributed by atoms with Gasteiger partial charge in [-0.25, -0.2) is 14.8 Å². The molecular formula is C29H31N5O3. The monoisotopic (exact) mass is 497 g/mol. The Hall–Kier alpha value is -4.20. The summed E-state index contributed by atoms with van der Waals surface area (Å²) in [6.07, 6.45) is 4.39. The summed E-state index contributed by atoms with van der Waals surface area (Å²) >= 11 is 0. The molecule has 2 heterocycles. The molecule has 190 valence electrons. The molecule has 4 aromatic rings. The first-order chi connectivity index (χ1) is 17.7. The topological polar surface area (TPSA) is 89.4 Å². The van der Waals surface area contributed by atoms with Gasteiger partial charge >= 0.3 is 6.09 Å². The highest BCUT2D eigenvalue weighted by molar-refractivity contribution is 5.94. The van der Waals surface area contributed by atoms with E-state index in [1.807, 2.05) is 81.4 Å². The minimum absolute atomic E-state index is 0.121. The summed E-state index contributed by atoms with van der Waals surface area (Å²) in [6.45, 7) is 5.65. The van der Waals surface area contributed by atoms with Crippen LogP contribution in [0.2, 0.25) is 0 Å². The van der Waals surface area contributed by atoms with Crippen LogP contribution in [0.15, 0.2) is 66.9 Å². The van der Waals surface area contributed by atoms with Crippen LogP contribution in [0.25, 0.3) is 28.0 Å². The number of ether oxygens (including phenoxy) is 1. The van der Waals surface area contributed by atoms with Gasteiger partial charge in [-0.15, -0.1) is 0 Å². The summed E-state index contributed by atoms with van der Waals surface area (Å²) in [5, 5.41) is 2.58. The molecule has 1 saturated carbocycles. The Morgan fingerprint density at radius 1 is 1.05 bits per heavy atom. The maximum Gasteiger partial charge on any atom is 0.415 e. The van der Waals surface area contributed by atoms with Crippen LogP contribution in [-0.4, -0.2) is 45.2 Å². The average Bonchev–Trinajstić information content (AvgIpc) is 3.24. The third-order valence-electron chi connectivity index (χ3n) is 6.47. The second-order valence-electron chi connectivity index (χ2n) is 10.2. The lowest BCUT2D eigenvalue weighted by atomic mass is 9.91. The zero-order chi connectivity index (χ0) is 26.2. The molecule has 8 heteroatoms. The number of anilines is 1. The van der Waals surface area contributed by atoms with Gasteiger partial charge in [-0.2, -0.15) is 0 Å². The van der Waals surface area contributed by atoms with Crippen molar-refractivity contribution in [2.24, 2.45) is 0 Å². The fourth-order valence-electron chi connectivity index (χ4n) is 4.50. The van der Waals surface area contributed by atoms with Gasteiger partial charge in [0.1, 0.15) is 5.60 Å². The molecule has 2 amide bonds. The van der Waals surface area contributed by atoms with Crippen LogP contribution in [0.1, 0.15) is 50.7 Å². The van der Waals surface area contributed by atoms with Gasteiger partial charge in [-0.1, -0.05) is 30.3 Å². The van der Waals surface area contributed by atoms with Crippen molar-refractivity contribution in [1.29, 1.82) is 0 Å². The van der Waals surface area contributed by atoms with E-state index >= 15 is 0 Å². The molecule has 1 N–H and O–H groups in total. The summed E-state index contributed by atoms with van der Waals surface area (Å²) < 4.78 is 7.79. The van der Waals surface area contributed by atoms with E-state index in [4.69, 9.17) is 4.74 Å². The smallest absolute Gasteiger partial charge is 0.415 e. The number of nitrogens with one attached hydrogen (secondary N) is 1. The Morgan fingerprint density at radius 3 is 2.35 bits per heavy atom. The Kier molecular flexibility index (Phi) is 6.41. The Morgan fingerprint density at radius 2 is 1.76 bits per heavy atom. The molecule has 1 fully saturated rings. The van der Waals surface area contributed by atoms with E-state index in [0.717, 1.165) is 47.4 Å². The Bertz CT molecular complexity index is 1430. The highest BCUT2D eigenvalue weighted by atomic mass is 16.6. The lowest BCUT2D eigenvalue weighted by Crippen LogP contribution is -2.46. The molecule has 5 rings (SSSR count). The summed E-state index contributed by atoms with van der Waals surface area (Å²) in [5.74, 6) is -0.214. The molecule has 2 aromatic carbocycles. The van der Waals surface area contributed by atoms with Crippen molar-refractivity contribution in [1.82, 2.24) is 19.9 Å². The first kappa shape index (κ1) is 24.5. The van der Waals surface area contributed by atoms with E-state index in [2.05, 4.69) is 19.9 Å². The molecule has 0 unspecified atom stereocenters. The summed E-state index contributed by atoms with van der Waals surface area (Å²) in [5.41, 5.74) is 4.51. The molecule has 2 aromatic heterocycles. The number of carbonyl (C=O) groups is 2. The standard InChI is InChI=1S/C29H31N5O3/c1-29(2,3)37-28(36)33(20-11-8-12-20)21-13-15-22(16-14-21)34-24(19-9-6-5-7-10-19)17-23-25(34)18-31-26(32-23)27(35)30-4/h5-7,9-10,13-18,20H,8,11-12H2,1-4H3,(H,30,35). The minimum atomic E-state index is -0.568. The number of hydrogen-bond donors (Lipinski definition) is 1. The predicted octanol–water partition coefficient (Wildman–Crippen LogP) is 5.74. The van der Waals surface area contributed by atoms with Crippen molar-refractivity contribution in [2.45, 2.75) is 51.7 Å². The molecule has 0 aliphatic heterocycles. The first-order valence-electron chi connectivity index (χ1n) is 12.5. The van der Waals surface area contributed by atoms with Gasteiger partial charge in [-0.3, -0.25) is 9.69 Å². The Balaban J connectivity index is 1.58. The van der Waals surface area contributed by atoms with Crippen molar-refractivity contribution < 1.29 is 14.3 Å². The van der Waals surface area contributed by atoms with Gasteiger partial charge in [0.25, 0.3) is 5.91 Å². The average molecular weight is 498 g/mol. The van der Waals surface area contributed by atoms with Crippen molar-refractivity contribution in [2.75, 3.05) is 11.9 Å². The van der Waals surface area contributed by atoms with E-state index < -0.39 is 5.60 Å². The van der Waals surface area contributed by atoms with Crippen LogP contribution >= 0.6 is 0 Å². The van der Waals surface area contributed by atoms with Gasteiger partial charge in [0, 0.05) is 24.5 Å². The largest absolute Gasteiger partial charge is 0.443 e. The number of hydrogen-bond acceptors (Lipinski definition) is 5. The molecule has 0 saturated heterocycles. The number of nitrogens with zero attached hydrogens (tertiary/aromatic N) is 4. The second kappa shape index (κ2) is 9.69. The normalized spacial score (nSPS) is 13.7. The lowest BCUT2D eigenvalue weighted by Gasteiger charge is -2.38. The highest BCUT2D eigenvalue weighted by Gasteiger charge is 2.33. The lowest BCUT2D eigenvalue weighted by molar-refractivity contribution is 0.0549. The summed E-state index contributed by atoms with van der Waals surface area (Å²) in [4.78, 5) is 35.8. The van der Waals surface area contributed by atoms with Crippen LogP contribution in [0.3, 0.4) is 0 Å². The van der Waals surface area contributed by atoms with Crippen molar-refractivity contribution >= 4 is 28.7 Å². The molecule has 1 aliphatic carbocycles. The van der Waals surface area contributed by atoms with Gasteiger partial charge in [-0.05, 0) is 75.9 Å². The van der Waals surface area contributed by atoms with Crippen LogP contribution in [0, 0.1) is 0 Å². The SMILES string of the molecule is CNC(=O)c1ncc2c(cc(-c3ccccc3)n2-c2ccc(N(C(=O)OC(C)(C)C)C3CCC3)cc2)n1. The van der Waals surface area contributed by atoms with Crippen LogP contribution < -0.4 is 10.2 Å².